The van der Waals surface area contributed by atoms with Gasteiger partial charge in [-0.15, -0.1) is 0 Å². The number of fused-ring (bicyclic) bond motifs is 1. The summed E-state index contributed by atoms with van der Waals surface area (Å²) in [5.74, 6) is 0.303. The number of hydrogen-bond donors (Lipinski definition) is 2. The molecule has 0 unspecified atom stereocenters. The van der Waals surface area contributed by atoms with Gasteiger partial charge in [0.1, 0.15) is 0 Å². The van der Waals surface area contributed by atoms with Crippen LogP contribution >= 0.6 is 0 Å². The van der Waals surface area contributed by atoms with Crippen molar-refractivity contribution in [2.75, 3.05) is 29.9 Å². The highest BCUT2D eigenvalue weighted by molar-refractivity contribution is 6.08. The summed E-state index contributed by atoms with van der Waals surface area (Å²) in [5, 5.41) is 8.25. The number of carbonyl (C=O) groups excluding carboxylic acids is 2. The molecule has 1 saturated heterocycles. The van der Waals surface area contributed by atoms with Gasteiger partial charge in [0.15, 0.2) is 0 Å². The highest BCUT2D eigenvalue weighted by Gasteiger charge is 2.24. The lowest BCUT2D eigenvalue weighted by molar-refractivity contribution is 0.0953. The first-order valence-electron chi connectivity index (χ1n) is 15.2. The normalized spacial score (nSPS) is 13.5. The molecule has 5 aromatic rings. The Morgan fingerprint density at radius 1 is 0.674 bits per heavy atom. The molecule has 43 heavy (non-hydrogen) atoms. The van der Waals surface area contributed by atoms with Crippen LogP contribution in [0, 0.1) is 5.92 Å². The maximum Gasteiger partial charge on any atom is 0.255 e. The molecular weight excluding hydrogens is 530 g/mol. The highest BCUT2D eigenvalue weighted by Crippen LogP contribution is 2.30. The summed E-state index contributed by atoms with van der Waals surface area (Å²) in [6.45, 7) is 2.32. The maximum absolute atomic E-state index is 13.6. The molecule has 2 N–H and O–H groups in total. The van der Waals surface area contributed by atoms with E-state index in [9.17, 15) is 9.59 Å². The third kappa shape index (κ3) is 7.12. The fourth-order valence-corrected chi connectivity index (χ4v) is 5.99. The van der Waals surface area contributed by atoms with Crippen molar-refractivity contribution in [3.63, 3.8) is 0 Å². The molecule has 1 heterocycles. The van der Waals surface area contributed by atoms with Crippen LogP contribution < -0.4 is 15.5 Å². The number of piperidine rings is 1. The van der Waals surface area contributed by atoms with E-state index in [4.69, 9.17) is 0 Å². The van der Waals surface area contributed by atoms with Gasteiger partial charge < -0.3 is 15.5 Å². The summed E-state index contributed by atoms with van der Waals surface area (Å²) < 4.78 is 0. The van der Waals surface area contributed by atoms with Crippen molar-refractivity contribution in [2.24, 2.45) is 5.92 Å². The average Bonchev–Trinajstić information content (AvgIpc) is 3.06. The Morgan fingerprint density at radius 2 is 1.35 bits per heavy atom. The zero-order valence-corrected chi connectivity index (χ0v) is 24.3. The molecule has 1 fully saturated rings. The third-order valence-electron chi connectivity index (χ3n) is 8.38. The quantitative estimate of drug-likeness (QED) is 0.194. The Balaban J connectivity index is 1.18. The molecule has 216 valence electrons. The van der Waals surface area contributed by atoms with E-state index in [1.54, 1.807) is 0 Å². The van der Waals surface area contributed by atoms with E-state index in [0.29, 0.717) is 29.3 Å². The molecule has 5 heteroatoms. The molecular formula is C38H37N3O2. The van der Waals surface area contributed by atoms with Gasteiger partial charge in [0.25, 0.3) is 11.8 Å². The van der Waals surface area contributed by atoms with Gasteiger partial charge in [-0.3, -0.25) is 9.59 Å². The number of carbonyl (C=O) groups is 2. The predicted molar refractivity (Wildman–Crippen MR) is 176 cm³/mol. The number of hydrogen-bond acceptors (Lipinski definition) is 3. The zero-order chi connectivity index (χ0) is 29.4. The van der Waals surface area contributed by atoms with Gasteiger partial charge in [-0.25, -0.2) is 0 Å². The minimum absolute atomic E-state index is 0.126. The van der Waals surface area contributed by atoms with Crippen LogP contribution in [-0.2, 0) is 12.8 Å². The van der Waals surface area contributed by atoms with Crippen LogP contribution in [0.25, 0.3) is 10.8 Å². The van der Waals surface area contributed by atoms with Gasteiger partial charge in [-0.1, -0.05) is 91.0 Å². The molecule has 1 aliphatic heterocycles. The van der Waals surface area contributed by atoms with E-state index >= 15 is 0 Å². The molecule has 6 rings (SSSR count). The van der Waals surface area contributed by atoms with Crippen LogP contribution in [0.1, 0.15) is 44.7 Å². The molecule has 0 spiro atoms. The largest absolute Gasteiger partial charge is 0.371 e. The van der Waals surface area contributed by atoms with E-state index in [2.05, 4.69) is 58.0 Å². The summed E-state index contributed by atoms with van der Waals surface area (Å²) in [5.41, 5.74) is 5.25. The summed E-state index contributed by atoms with van der Waals surface area (Å²) in [6, 6.07) is 40.2. The monoisotopic (exact) mass is 567 g/mol. The van der Waals surface area contributed by atoms with Crippen molar-refractivity contribution in [2.45, 2.75) is 25.7 Å². The van der Waals surface area contributed by atoms with Crippen molar-refractivity contribution in [1.82, 2.24) is 5.32 Å². The number of amides is 2. The van der Waals surface area contributed by atoms with E-state index in [0.717, 1.165) is 55.2 Å². The minimum Gasteiger partial charge on any atom is -0.371 e. The number of rotatable bonds is 9. The summed E-state index contributed by atoms with van der Waals surface area (Å²) in [6.07, 6.45) is 3.99. The van der Waals surface area contributed by atoms with E-state index in [1.807, 2.05) is 78.9 Å². The van der Waals surface area contributed by atoms with Crippen molar-refractivity contribution in [3.8, 4) is 0 Å². The molecule has 5 nitrogen and oxygen atoms in total. The van der Waals surface area contributed by atoms with Gasteiger partial charge in [0.2, 0.25) is 0 Å². The Labute approximate surface area is 253 Å². The summed E-state index contributed by atoms with van der Waals surface area (Å²) >= 11 is 0. The van der Waals surface area contributed by atoms with Crippen LogP contribution in [0.3, 0.4) is 0 Å². The van der Waals surface area contributed by atoms with Crippen LogP contribution in [-0.4, -0.2) is 31.4 Å². The zero-order valence-electron chi connectivity index (χ0n) is 24.3. The maximum atomic E-state index is 13.6. The number of benzene rings is 5. The number of nitrogens with zero attached hydrogens (tertiary/aromatic N) is 1. The van der Waals surface area contributed by atoms with E-state index in [-0.39, 0.29) is 11.8 Å². The van der Waals surface area contributed by atoms with Crippen LogP contribution in [0.2, 0.25) is 0 Å². The molecule has 0 saturated carbocycles. The van der Waals surface area contributed by atoms with Gasteiger partial charge in [-0.05, 0) is 83.8 Å². The SMILES string of the molecule is O=C(Nc1ccc(N2CCC(Cc3ccccc3)CC2)c(C(=O)NCCc2ccccc2)c1)c1ccc2ccccc2c1. The Bertz CT molecular complexity index is 1690. The fourth-order valence-electron chi connectivity index (χ4n) is 5.99. The van der Waals surface area contributed by atoms with E-state index < -0.39 is 0 Å². The first kappa shape index (κ1) is 28.2. The first-order valence-corrected chi connectivity index (χ1v) is 15.2. The fraction of sp³-hybridized carbons (Fsp3) is 0.211. The Morgan fingerprint density at radius 3 is 2.09 bits per heavy atom. The molecule has 5 aromatic carbocycles. The van der Waals surface area contributed by atoms with Crippen LogP contribution in [0.4, 0.5) is 11.4 Å². The second-order valence-electron chi connectivity index (χ2n) is 11.4. The molecule has 2 amide bonds. The Hall–Kier alpha value is -4.90. The molecule has 0 bridgehead atoms. The topological polar surface area (TPSA) is 61.4 Å². The molecule has 1 aliphatic rings. The average molecular weight is 568 g/mol. The summed E-state index contributed by atoms with van der Waals surface area (Å²) in [7, 11) is 0. The van der Waals surface area contributed by atoms with Crippen molar-refractivity contribution >= 4 is 34.0 Å². The number of nitrogens with one attached hydrogen (secondary N) is 2. The third-order valence-corrected chi connectivity index (χ3v) is 8.38. The second kappa shape index (κ2) is 13.4. The van der Waals surface area contributed by atoms with Crippen LogP contribution in [0.15, 0.2) is 121 Å². The lowest BCUT2D eigenvalue weighted by Crippen LogP contribution is -2.36. The molecule has 0 radical (unpaired) electrons. The van der Waals surface area contributed by atoms with Crippen molar-refractivity contribution < 1.29 is 9.59 Å². The first-order chi connectivity index (χ1) is 21.1. The van der Waals surface area contributed by atoms with Crippen molar-refractivity contribution in [3.05, 3.63) is 144 Å². The smallest absolute Gasteiger partial charge is 0.255 e. The van der Waals surface area contributed by atoms with Gasteiger partial charge in [0.05, 0.1) is 5.56 Å². The minimum atomic E-state index is -0.198. The number of anilines is 2. The Kier molecular flexibility index (Phi) is 8.79. The summed E-state index contributed by atoms with van der Waals surface area (Å²) in [4.78, 5) is 29.1. The van der Waals surface area contributed by atoms with E-state index in [1.165, 1.54) is 11.1 Å². The van der Waals surface area contributed by atoms with Crippen LogP contribution in [0.5, 0.6) is 0 Å². The van der Waals surface area contributed by atoms with Gasteiger partial charge in [0, 0.05) is 36.6 Å². The lowest BCUT2D eigenvalue weighted by Gasteiger charge is -2.35. The second-order valence-corrected chi connectivity index (χ2v) is 11.4. The van der Waals surface area contributed by atoms with Gasteiger partial charge >= 0.3 is 0 Å². The standard InChI is InChI=1S/C38H37N3O2/c42-37(33-16-15-31-13-7-8-14-32(31)26-33)40-34-17-18-36(35(27-34)38(43)39-22-19-28-9-3-1-4-10-28)41-23-20-30(21-24-41)25-29-11-5-2-6-12-29/h1-18,26-27,30H,19-25H2,(H,39,43)(H,40,42). The van der Waals surface area contributed by atoms with Crippen molar-refractivity contribution in [1.29, 1.82) is 0 Å². The lowest BCUT2D eigenvalue weighted by atomic mass is 9.89. The molecule has 0 aliphatic carbocycles. The highest BCUT2D eigenvalue weighted by atomic mass is 16.2. The molecule has 0 atom stereocenters. The van der Waals surface area contributed by atoms with Gasteiger partial charge in [-0.2, -0.15) is 0 Å². The molecule has 0 aromatic heterocycles. The predicted octanol–water partition coefficient (Wildman–Crippen LogP) is 7.52.